The van der Waals surface area contributed by atoms with E-state index in [0.29, 0.717) is 0 Å². The van der Waals surface area contributed by atoms with E-state index in [4.69, 9.17) is 4.42 Å². The van der Waals surface area contributed by atoms with E-state index in [1.54, 1.807) is 6.26 Å². The topological polar surface area (TPSA) is 13.1 Å². The Hall–Kier alpha value is -4.92. The predicted octanol–water partition coefficient (Wildman–Crippen LogP) is 11.6. The van der Waals surface area contributed by atoms with Crippen LogP contribution in [-0.2, 0) is 0 Å². The van der Waals surface area contributed by atoms with Gasteiger partial charge in [-0.2, -0.15) is 0 Å². The Morgan fingerprint density at radius 3 is 1.90 bits per heavy atom. The van der Waals surface area contributed by atoms with E-state index in [2.05, 4.69) is 127 Å². The van der Waals surface area contributed by atoms with Crippen molar-refractivity contribution >= 4 is 74.8 Å². The van der Waals surface area contributed by atoms with Gasteiger partial charge in [-0.1, -0.05) is 103 Å². The maximum atomic E-state index is 5.99. The molecule has 7 aromatic carbocycles. The van der Waals surface area contributed by atoms with Gasteiger partial charge in [-0.05, 0) is 73.3 Å². The van der Waals surface area contributed by atoms with Gasteiger partial charge in [0.05, 0.1) is 6.26 Å². The lowest BCUT2D eigenvalue weighted by atomic mass is 9.85. The van der Waals surface area contributed by atoms with E-state index in [9.17, 15) is 0 Å². The number of hydrogen-bond acceptors (Lipinski definition) is 2. The van der Waals surface area contributed by atoms with Gasteiger partial charge in [-0.15, -0.1) is 11.3 Å². The molecule has 9 rings (SSSR count). The largest absolute Gasteiger partial charge is 0.464 e. The lowest BCUT2D eigenvalue weighted by molar-refractivity contribution is 0.619. The quantitative estimate of drug-likeness (QED) is 0.204. The van der Waals surface area contributed by atoms with Gasteiger partial charge in [0.2, 0.25) is 0 Å². The summed E-state index contributed by atoms with van der Waals surface area (Å²) in [6, 6.07) is 46.5. The normalized spacial score (nSPS) is 12.0. The van der Waals surface area contributed by atoms with E-state index >= 15 is 0 Å². The second-order valence-corrected chi connectivity index (χ2v) is 11.5. The monoisotopic (exact) mass is 526 g/mol. The average Bonchev–Trinajstić information content (AvgIpc) is 3.64. The van der Waals surface area contributed by atoms with Crippen molar-refractivity contribution in [3.63, 3.8) is 0 Å². The molecule has 1 nitrogen and oxygen atoms in total. The molecule has 9 aromatic rings. The molecular weight excluding hydrogens is 504 g/mol. The first kappa shape index (κ1) is 22.0. The molecule has 0 N–H and O–H groups in total. The molecule has 0 aliphatic carbocycles. The highest BCUT2D eigenvalue weighted by Gasteiger charge is 2.20. The van der Waals surface area contributed by atoms with Gasteiger partial charge in [0, 0.05) is 31.1 Å². The fourth-order valence-electron chi connectivity index (χ4n) is 6.58. The highest BCUT2D eigenvalue weighted by atomic mass is 32.1. The summed E-state index contributed by atoms with van der Waals surface area (Å²) in [5.41, 5.74) is 6.08. The smallest absolute Gasteiger partial charge is 0.143 e. The van der Waals surface area contributed by atoms with E-state index in [0.717, 1.165) is 11.0 Å². The fourth-order valence-corrected chi connectivity index (χ4v) is 7.80. The van der Waals surface area contributed by atoms with Crippen molar-refractivity contribution in [1.82, 2.24) is 0 Å². The molecule has 0 bridgehead atoms. The lowest BCUT2D eigenvalue weighted by Crippen LogP contribution is -1.91. The molecule has 0 atom stereocenters. The first-order valence-corrected chi connectivity index (χ1v) is 14.4. The first-order valence-electron chi connectivity index (χ1n) is 13.6. The highest BCUT2D eigenvalue weighted by molar-refractivity contribution is 7.26. The van der Waals surface area contributed by atoms with Crippen molar-refractivity contribution in [2.45, 2.75) is 0 Å². The second-order valence-electron chi connectivity index (χ2n) is 10.5. The van der Waals surface area contributed by atoms with E-state index in [1.807, 2.05) is 11.3 Å². The Bertz CT molecular complexity index is 2380. The van der Waals surface area contributed by atoms with E-state index < -0.39 is 0 Å². The molecule has 0 saturated carbocycles. The minimum Gasteiger partial charge on any atom is -0.464 e. The molecule has 186 valence electrons. The molecule has 0 fully saturated rings. The molecule has 0 aliphatic heterocycles. The zero-order valence-corrected chi connectivity index (χ0v) is 22.3. The Kier molecular flexibility index (Phi) is 4.55. The summed E-state index contributed by atoms with van der Waals surface area (Å²) in [6.45, 7) is 0. The predicted molar refractivity (Wildman–Crippen MR) is 172 cm³/mol. The van der Waals surface area contributed by atoms with Crippen LogP contribution in [0.25, 0.3) is 85.7 Å². The van der Waals surface area contributed by atoms with Crippen LogP contribution in [-0.4, -0.2) is 0 Å². The minimum atomic E-state index is 0.974. The molecule has 0 amide bonds. The molecule has 0 unspecified atom stereocenters. The Labute approximate surface area is 234 Å². The molecule has 0 aliphatic rings. The summed E-state index contributed by atoms with van der Waals surface area (Å²) in [6.07, 6.45) is 1.80. The summed E-state index contributed by atoms with van der Waals surface area (Å²) < 4.78 is 8.54. The third-order valence-corrected chi connectivity index (χ3v) is 9.52. The first-order chi connectivity index (χ1) is 19.8. The number of fused-ring (bicyclic) bond motifs is 8. The SMILES string of the molecule is c1ccc2cc(-c3c4ccccc4c(-c4cccc5c4sc4ccc6ccoc6c45)c4ccccc34)ccc2c1. The van der Waals surface area contributed by atoms with Gasteiger partial charge in [0.15, 0.2) is 0 Å². The molecule has 40 heavy (non-hydrogen) atoms. The number of rotatable bonds is 2. The second kappa shape index (κ2) is 8.29. The third kappa shape index (κ3) is 3.03. The Morgan fingerprint density at radius 2 is 1.12 bits per heavy atom. The molecule has 0 saturated heterocycles. The van der Waals surface area contributed by atoms with Gasteiger partial charge in [0.1, 0.15) is 5.58 Å². The number of furan rings is 1. The Balaban J connectivity index is 1.43. The van der Waals surface area contributed by atoms with Crippen LogP contribution in [0.1, 0.15) is 0 Å². The van der Waals surface area contributed by atoms with Crippen molar-refractivity contribution in [2.75, 3.05) is 0 Å². The average molecular weight is 527 g/mol. The summed E-state index contributed by atoms with van der Waals surface area (Å²) in [7, 11) is 0. The van der Waals surface area contributed by atoms with Crippen molar-refractivity contribution in [3.8, 4) is 22.3 Å². The van der Waals surface area contributed by atoms with E-state index in [-0.39, 0.29) is 0 Å². The van der Waals surface area contributed by atoms with Crippen LogP contribution in [0, 0.1) is 0 Å². The molecule has 0 spiro atoms. The molecule has 2 heteroatoms. The van der Waals surface area contributed by atoms with Crippen molar-refractivity contribution < 1.29 is 4.42 Å². The van der Waals surface area contributed by atoms with Gasteiger partial charge in [-0.25, -0.2) is 0 Å². The standard InChI is InChI=1S/C38H22OS/c1-2-9-25-22-26(17-16-23(25)8-1)34-27-10-3-5-12-29(27)35(30-13-6-4-11-28(30)34)31-14-7-15-32-36-33(40-38(31)32)19-18-24-20-21-39-37(24)36/h1-22H. The van der Waals surface area contributed by atoms with Crippen LogP contribution in [0.4, 0.5) is 0 Å². The van der Waals surface area contributed by atoms with Crippen LogP contribution < -0.4 is 0 Å². The molecular formula is C38H22OS. The van der Waals surface area contributed by atoms with Crippen molar-refractivity contribution in [3.05, 3.63) is 134 Å². The van der Waals surface area contributed by atoms with Gasteiger partial charge >= 0.3 is 0 Å². The maximum Gasteiger partial charge on any atom is 0.143 e. The van der Waals surface area contributed by atoms with Gasteiger partial charge in [0.25, 0.3) is 0 Å². The maximum absolute atomic E-state index is 5.99. The number of benzene rings is 7. The summed E-state index contributed by atoms with van der Waals surface area (Å²) in [5, 5.41) is 11.2. The van der Waals surface area contributed by atoms with Gasteiger partial charge in [-0.3, -0.25) is 0 Å². The zero-order chi connectivity index (χ0) is 26.2. The van der Waals surface area contributed by atoms with Crippen LogP contribution in [0.15, 0.2) is 138 Å². The van der Waals surface area contributed by atoms with Crippen LogP contribution in [0.5, 0.6) is 0 Å². The van der Waals surface area contributed by atoms with E-state index in [1.165, 1.54) is 74.7 Å². The Morgan fingerprint density at radius 1 is 0.475 bits per heavy atom. The molecule has 2 aromatic heterocycles. The molecule has 2 heterocycles. The summed E-state index contributed by atoms with van der Waals surface area (Å²) >= 11 is 1.86. The summed E-state index contributed by atoms with van der Waals surface area (Å²) in [5.74, 6) is 0. The highest BCUT2D eigenvalue weighted by Crippen LogP contribution is 2.48. The lowest BCUT2D eigenvalue weighted by Gasteiger charge is -2.18. The van der Waals surface area contributed by atoms with Crippen molar-refractivity contribution in [1.29, 1.82) is 0 Å². The minimum absolute atomic E-state index is 0.974. The van der Waals surface area contributed by atoms with Crippen LogP contribution >= 0.6 is 11.3 Å². The number of hydrogen-bond donors (Lipinski definition) is 0. The fraction of sp³-hybridized carbons (Fsp3) is 0. The van der Waals surface area contributed by atoms with Crippen molar-refractivity contribution in [2.24, 2.45) is 0 Å². The summed E-state index contributed by atoms with van der Waals surface area (Å²) in [4.78, 5) is 0. The third-order valence-electron chi connectivity index (χ3n) is 8.32. The van der Waals surface area contributed by atoms with Gasteiger partial charge < -0.3 is 4.42 Å². The zero-order valence-electron chi connectivity index (χ0n) is 21.5. The number of thiophene rings is 1. The van der Waals surface area contributed by atoms with Crippen LogP contribution in [0.3, 0.4) is 0 Å². The molecule has 0 radical (unpaired) electrons. The van der Waals surface area contributed by atoms with Crippen LogP contribution in [0.2, 0.25) is 0 Å².